The van der Waals surface area contributed by atoms with E-state index in [0.717, 1.165) is 16.8 Å². The number of morpholine rings is 1. The van der Waals surface area contributed by atoms with Crippen LogP contribution >= 0.6 is 11.3 Å². The van der Waals surface area contributed by atoms with E-state index in [1.165, 1.54) is 0 Å². The quantitative estimate of drug-likeness (QED) is 0.706. The van der Waals surface area contributed by atoms with Gasteiger partial charge in [-0.2, -0.15) is 0 Å². The van der Waals surface area contributed by atoms with Gasteiger partial charge >= 0.3 is 0 Å². The van der Waals surface area contributed by atoms with Crippen molar-refractivity contribution in [3.8, 4) is 0 Å². The van der Waals surface area contributed by atoms with Gasteiger partial charge in [-0.05, 0) is 25.1 Å². The Labute approximate surface area is 141 Å². The molecule has 124 valence electrons. The maximum atomic E-state index is 14.1. The van der Waals surface area contributed by atoms with Crippen LogP contribution in [0.1, 0.15) is 16.8 Å². The molecule has 3 heterocycles. The van der Waals surface area contributed by atoms with E-state index >= 15 is 0 Å². The van der Waals surface area contributed by atoms with Crippen molar-refractivity contribution in [1.29, 1.82) is 0 Å². The smallest absolute Gasteiger partial charge is 0.185 e. The minimum absolute atomic E-state index is 0.0716. The molecule has 1 aliphatic rings. The van der Waals surface area contributed by atoms with E-state index in [2.05, 4.69) is 14.9 Å². The molecular formula is C17H15F2N3OS. The number of rotatable bonds is 2. The molecule has 1 atom stereocenters. The van der Waals surface area contributed by atoms with Crippen molar-refractivity contribution in [2.24, 2.45) is 0 Å². The zero-order valence-electron chi connectivity index (χ0n) is 13.0. The monoisotopic (exact) mass is 347 g/mol. The van der Waals surface area contributed by atoms with Gasteiger partial charge in [-0.1, -0.05) is 0 Å². The minimum atomic E-state index is -0.901. The van der Waals surface area contributed by atoms with Gasteiger partial charge in [-0.3, -0.25) is 0 Å². The third kappa shape index (κ3) is 2.63. The van der Waals surface area contributed by atoms with Gasteiger partial charge in [0, 0.05) is 34.9 Å². The van der Waals surface area contributed by atoms with E-state index in [0.29, 0.717) is 30.8 Å². The summed E-state index contributed by atoms with van der Waals surface area (Å²) < 4.78 is 33.5. The van der Waals surface area contributed by atoms with E-state index in [-0.39, 0.29) is 11.6 Å². The number of pyridine rings is 1. The first kappa shape index (κ1) is 15.4. The van der Waals surface area contributed by atoms with Crippen molar-refractivity contribution in [3.63, 3.8) is 0 Å². The van der Waals surface area contributed by atoms with E-state index in [1.807, 2.05) is 11.4 Å². The Morgan fingerprint density at radius 1 is 1.33 bits per heavy atom. The first-order valence-electron chi connectivity index (χ1n) is 7.65. The lowest BCUT2D eigenvalue weighted by molar-refractivity contribution is 0.0397. The molecule has 4 nitrogen and oxygen atoms in total. The second-order valence-electron chi connectivity index (χ2n) is 5.72. The van der Waals surface area contributed by atoms with E-state index in [4.69, 9.17) is 4.74 Å². The van der Waals surface area contributed by atoms with Gasteiger partial charge < -0.3 is 9.64 Å². The van der Waals surface area contributed by atoms with E-state index < -0.39 is 11.6 Å². The highest BCUT2D eigenvalue weighted by molar-refractivity contribution is 7.09. The fraction of sp³-hybridized carbons (Fsp3) is 0.294. The van der Waals surface area contributed by atoms with Crippen molar-refractivity contribution in [2.45, 2.75) is 13.0 Å². The van der Waals surface area contributed by atoms with Crippen LogP contribution in [0.15, 0.2) is 29.8 Å². The molecule has 1 fully saturated rings. The number of nitrogens with zero attached hydrogens (tertiary/aromatic N) is 3. The lowest BCUT2D eigenvalue weighted by atomic mass is 10.1. The Balaban J connectivity index is 1.77. The molecule has 0 N–H and O–H groups in total. The van der Waals surface area contributed by atoms with Crippen molar-refractivity contribution in [2.75, 3.05) is 24.6 Å². The van der Waals surface area contributed by atoms with Crippen molar-refractivity contribution in [1.82, 2.24) is 9.97 Å². The number of anilines is 1. The normalized spacial score (nSPS) is 18.3. The number of benzene rings is 1. The van der Waals surface area contributed by atoms with E-state index in [9.17, 15) is 8.78 Å². The van der Waals surface area contributed by atoms with Crippen molar-refractivity contribution < 1.29 is 13.5 Å². The van der Waals surface area contributed by atoms with Crippen LogP contribution < -0.4 is 4.90 Å². The predicted molar refractivity (Wildman–Crippen MR) is 89.4 cm³/mol. The largest absolute Gasteiger partial charge is 0.367 e. The molecule has 0 bridgehead atoms. The van der Waals surface area contributed by atoms with Crippen LogP contribution in [0.4, 0.5) is 14.5 Å². The molecule has 24 heavy (non-hydrogen) atoms. The summed E-state index contributed by atoms with van der Waals surface area (Å²) in [5, 5.41) is 3.45. The topological polar surface area (TPSA) is 38.2 Å². The first-order chi connectivity index (χ1) is 11.6. The predicted octanol–water partition coefficient (Wildman–Crippen LogP) is 3.86. The molecular weight excluding hydrogens is 332 g/mol. The van der Waals surface area contributed by atoms with Crippen LogP contribution in [0, 0.1) is 18.6 Å². The summed E-state index contributed by atoms with van der Waals surface area (Å²) in [7, 11) is 0. The zero-order valence-corrected chi connectivity index (χ0v) is 13.8. The van der Waals surface area contributed by atoms with Gasteiger partial charge in [-0.25, -0.2) is 18.7 Å². The summed E-state index contributed by atoms with van der Waals surface area (Å²) in [6.45, 7) is 3.63. The Morgan fingerprint density at radius 3 is 3.00 bits per heavy atom. The second kappa shape index (κ2) is 6.07. The second-order valence-corrected chi connectivity index (χ2v) is 6.64. The van der Waals surface area contributed by atoms with E-state index in [1.54, 1.807) is 30.5 Å². The van der Waals surface area contributed by atoms with Gasteiger partial charge in [0.2, 0.25) is 0 Å². The molecule has 1 aromatic carbocycles. The number of ether oxygens (including phenoxy) is 1. The SMILES string of the molecule is Cc1cc(N2CCO[C@H](c3nccs3)C2)c2ccc(F)c(F)c2n1. The molecule has 0 aliphatic carbocycles. The molecule has 0 saturated carbocycles. The summed E-state index contributed by atoms with van der Waals surface area (Å²) >= 11 is 1.55. The average molecular weight is 347 g/mol. The highest BCUT2D eigenvalue weighted by Gasteiger charge is 2.26. The number of hydrogen-bond donors (Lipinski definition) is 0. The third-order valence-electron chi connectivity index (χ3n) is 4.11. The van der Waals surface area contributed by atoms with Crippen molar-refractivity contribution in [3.05, 3.63) is 52.1 Å². The van der Waals surface area contributed by atoms with Gasteiger partial charge in [0.25, 0.3) is 0 Å². The molecule has 1 aliphatic heterocycles. The van der Waals surface area contributed by atoms with Crippen LogP contribution in [-0.2, 0) is 4.74 Å². The van der Waals surface area contributed by atoms with Gasteiger partial charge in [0.1, 0.15) is 16.6 Å². The zero-order chi connectivity index (χ0) is 16.7. The van der Waals surface area contributed by atoms with Crippen LogP contribution in [-0.4, -0.2) is 29.7 Å². The van der Waals surface area contributed by atoms with Crippen LogP contribution in [0.2, 0.25) is 0 Å². The number of aryl methyl sites for hydroxylation is 1. The van der Waals surface area contributed by atoms with Crippen LogP contribution in [0.5, 0.6) is 0 Å². The molecule has 2 aromatic heterocycles. The highest BCUT2D eigenvalue weighted by Crippen LogP contribution is 2.33. The maximum absolute atomic E-state index is 14.1. The lowest BCUT2D eigenvalue weighted by Gasteiger charge is -2.34. The number of aromatic nitrogens is 2. The Bertz CT molecular complexity index is 885. The molecule has 3 aromatic rings. The third-order valence-corrected chi connectivity index (χ3v) is 4.98. The number of thiazole rings is 1. The molecule has 1 saturated heterocycles. The van der Waals surface area contributed by atoms with Gasteiger partial charge in [-0.15, -0.1) is 11.3 Å². The average Bonchev–Trinajstić information content (AvgIpc) is 3.13. The molecule has 0 spiro atoms. The summed E-state index contributed by atoms with van der Waals surface area (Å²) in [4.78, 5) is 10.6. The number of hydrogen-bond acceptors (Lipinski definition) is 5. The fourth-order valence-electron chi connectivity index (χ4n) is 3.01. The fourth-order valence-corrected chi connectivity index (χ4v) is 3.69. The Kier molecular flexibility index (Phi) is 3.90. The molecule has 4 rings (SSSR count). The maximum Gasteiger partial charge on any atom is 0.185 e. The standard InChI is InChI=1S/C17H15F2N3OS/c1-10-8-13(11-2-3-12(18)15(19)16(11)21-10)22-5-6-23-14(9-22)17-20-4-7-24-17/h2-4,7-8,14H,5-6,9H2,1H3/t14-/m0/s1. The minimum Gasteiger partial charge on any atom is -0.367 e. The van der Waals surface area contributed by atoms with Gasteiger partial charge in [0.05, 0.1) is 13.2 Å². The number of fused-ring (bicyclic) bond motifs is 1. The van der Waals surface area contributed by atoms with Gasteiger partial charge in [0.15, 0.2) is 11.6 Å². The summed E-state index contributed by atoms with van der Waals surface area (Å²) in [6, 6.07) is 4.64. The Hall–Kier alpha value is -2.12. The Morgan fingerprint density at radius 2 is 2.21 bits per heavy atom. The summed E-state index contributed by atoms with van der Waals surface area (Å²) in [5.41, 5.74) is 1.57. The molecule has 7 heteroatoms. The van der Waals surface area contributed by atoms with Crippen molar-refractivity contribution >= 4 is 27.9 Å². The lowest BCUT2D eigenvalue weighted by Crippen LogP contribution is -2.38. The molecule has 0 amide bonds. The highest BCUT2D eigenvalue weighted by atomic mass is 32.1. The van der Waals surface area contributed by atoms with Crippen LogP contribution in [0.25, 0.3) is 10.9 Å². The molecule has 0 unspecified atom stereocenters. The van der Waals surface area contributed by atoms with Crippen LogP contribution in [0.3, 0.4) is 0 Å². The summed E-state index contributed by atoms with van der Waals surface area (Å²) in [6.07, 6.45) is 1.64. The first-order valence-corrected chi connectivity index (χ1v) is 8.53. The summed E-state index contributed by atoms with van der Waals surface area (Å²) in [5.74, 6) is -1.78. The number of halogens is 2. The molecule has 0 radical (unpaired) electrons.